The molecule has 1 rings (SSSR count). The van der Waals surface area contributed by atoms with Crippen LogP contribution < -0.4 is 0 Å². The molecule has 0 amide bonds. The standard InChI is InChI=1S/C14H28N2O4S/c1-4-10-15(2)11-5-12-20-14-8-6-13(7-9-14)16(3)21(17,18)19/h4,13-14H,1,5-12H2,2-3H3,(H,17,18,19). The molecule has 0 aromatic heterocycles. The van der Waals surface area contributed by atoms with Gasteiger partial charge in [0.25, 0.3) is 0 Å². The lowest BCUT2D eigenvalue weighted by Crippen LogP contribution is -2.40. The summed E-state index contributed by atoms with van der Waals surface area (Å²) in [5.74, 6) is 0. The highest BCUT2D eigenvalue weighted by Gasteiger charge is 2.29. The molecule has 0 saturated heterocycles. The van der Waals surface area contributed by atoms with E-state index in [1.54, 1.807) is 0 Å². The van der Waals surface area contributed by atoms with Gasteiger partial charge in [0, 0.05) is 32.8 Å². The predicted molar refractivity (Wildman–Crippen MR) is 83.6 cm³/mol. The second kappa shape index (κ2) is 8.85. The Hall–Kier alpha value is -0.470. The van der Waals surface area contributed by atoms with Gasteiger partial charge in [0.05, 0.1) is 6.10 Å². The Balaban J connectivity index is 2.18. The fourth-order valence-corrected chi connectivity index (χ4v) is 3.25. The molecule has 21 heavy (non-hydrogen) atoms. The minimum Gasteiger partial charge on any atom is -0.378 e. The molecule has 124 valence electrons. The number of rotatable bonds is 9. The zero-order valence-electron chi connectivity index (χ0n) is 13.1. The van der Waals surface area contributed by atoms with Crippen molar-refractivity contribution < 1.29 is 17.7 Å². The summed E-state index contributed by atoms with van der Waals surface area (Å²) in [6.45, 7) is 6.29. The van der Waals surface area contributed by atoms with Gasteiger partial charge >= 0.3 is 10.3 Å². The van der Waals surface area contributed by atoms with Crippen molar-refractivity contribution >= 4 is 10.3 Å². The summed E-state index contributed by atoms with van der Waals surface area (Å²) in [6.07, 6.45) is 6.22. The topological polar surface area (TPSA) is 70.1 Å². The third-order valence-electron chi connectivity index (χ3n) is 4.00. The molecule has 1 saturated carbocycles. The average Bonchev–Trinajstić information content (AvgIpc) is 2.43. The summed E-state index contributed by atoms with van der Waals surface area (Å²) in [6, 6.07) is -0.112. The maximum Gasteiger partial charge on any atom is 0.335 e. The van der Waals surface area contributed by atoms with Crippen molar-refractivity contribution in [2.45, 2.75) is 44.2 Å². The third-order valence-corrected chi connectivity index (χ3v) is 5.03. The predicted octanol–water partition coefficient (Wildman–Crippen LogP) is 1.56. The number of nitrogens with zero attached hydrogens (tertiary/aromatic N) is 2. The van der Waals surface area contributed by atoms with E-state index in [4.69, 9.17) is 9.29 Å². The van der Waals surface area contributed by atoms with Crippen LogP contribution in [0.3, 0.4) is 0 Å². The first-order valence-electron chi connectivity index (χ1n) is 7.46. The van der Waals surface area contributed by atoms with Gasteiger partial charge in [-0.3, -0.25) is 4.55 Å². The normalized spacial score (nSPS) is 23.7. The molecule has 1 fully saturated rings. The maximum absolute atomic E-state index is 11.1. The SMILES string of the molecule is C=CCN(C)CCCOC1CCC(N(C)S(=O)(=O)O)CC1. The summed E-state index contributed by atoms with van der Waals surface area (Å²) in [7, 11) is -0.596. The summed E-state index contributed by atoms with van der Waals surface area (Å²) in [5, 5.41) is 0. The van der Waals surface area contributed by atoms with E-state index >= 15 is 0 Å². The van der Waals surface area contributed by atoms with Crippen LogP contribution in [0.5, 0.6) is 0 Å². The molecule has 7 heteroatoms. The van der Waals surface area contributed by atoms with Gasteiger partial charge in [-0.05, 0) is 39.2 Å². The smallest absolute Gasteiger partial charge is 0.335 e. The van der Waals surface area contributed by atoms with Gasteiger partial charge in [-0.1, -0.05) is 6.08 Å². The molecule has 0 atom stereocenters. The first kappa shape index (κ1) is 18.6. The molecule has 0 bridgehead atoms. The third kappa shape index (κ3) is 6.88. The van der Waals surface area contributed by atoms with Gasteiger partial charge in [0.1, 0.15) is 0 Å². The highest BCUT2D eigenvalue weighted by molar-refractivity contribution is 7.83. The molecule has 0 aromatic carbocycles. The van der Waals surface area contributed by atoms with Crippen molar-refractivity contribution in [2.75, 3.05) is 33.8 Å². The number of hydrogen-bond donors (Lipinski definition) is 1. The fourth-order valence-electron chi connectivity index (χ4n) is 2.66. The van der Waals surface area contributed by atoms with Gasteiger partial charge in [-0.15, -0.1) is 6.58 Å². The molecule has 1 aliphatic rings. The van der Waals surface area contributed by atoms with Crippen LogP contribution >= 0.6 is 0 Å². The van der Waals surface area contributed by atoms with Gasteiger partial charge in [0.2, 0.25) is 0 Å². The maximum atomic E-state index is 11.1. The van der Waals surface area contributed by atoms with Crippen molar-refractivity contribution in [3.8, 4) is 0 Å². The summed E-state index contributed by atoms with van der Waals surface area (Å²) < 4.78 is 38.1. The number of hydrogen-bond acceptors (Lipinski definition) is 4. The summed E-state index contributed by atoms with van der Waals surface area (Å²) >= 11 is 0. The monoisotopic (exact) mass is 320 g/mol. The Morgan fingerprint density at radius 2 is 1.90 bits per heavy atom. The molecule has 0 spiro atoms. The van der Waals surface area contributed by atoms with Gasteiger partial charge < -0.3 is 9.64 Å². The number of likely N-dealkylation sites (N-methyl/N-ethyl adjacent to an activating group) is 1. The molecule has 1 N–H and O–H groups in total. The molecule has 0 aromatic rings. The van der Waals surface area contributed by atoms with Crippen molar-refractivity contribution in [3.63, 3.8) is 0 Å². The second-order valence-electron chi connectivity index (χ2n) is 5.70. The van der Waals surface area contributed by atoms with E-state index in [-0.39, 0.29) is 12.1 Å². The van der Waals surface area contributed by atoms with Crippen molar-refractivity contribution in [2.24, 2.45) is 0 Å². The number of ether oxygens (including phenoxy) is 1. The van der Waals surface area contributed by atoms with Crippen LogP contribution in [0.1, 0.15) is 32.1 Å². The fraction of sp³-hybridized carbons (Fsp3) is 0.857. The largest absolute Gasteiger partial charge is 0.378 e. The first-order valence-corrected chi connectivity index (χ1v) is 8.85. The van der Waals surface area contributed by atoms with E-state index in [0.29, 0.717) is 0 Å². The second-order valence-corrected chi connectivity index (χ2v) is 7.17. The summed E-state index contributed by atoms with van der Waals surface area (Å²) in [5.41, 5.74) is 0. The zero-order chi connectivity index (χ0) is 15.9. The van der Waals surface area contributed by atoms with Gasteiger partial charge in [-0.25, -0.2) is 0 Å². The zero-order valence-corrected chi connectivity index (χ0v) is 13.9. The van der Waals surface area contributed by atoms with E-state index in [9.17, 15) is 8.42 Å². The Kier molecular flexibility index (Phi) is 7.83. The van der Waals surface area contributed by atoms with Crippen molar-refractivity contribution in [1.82, 2.24) is 9.21 Å². The lowest BCUT2D eigenvalue weighted by molar-refractivity contribution is 0.0137. The molecule has 0 aliphatic heterocycles. The highest BCUT2D eigenvalue weighted by Crippen LogP contribution is 2.25. The van der Waals surface area contributed by atoms with Crippen molar-refractivity contribution in [1.29, 1.82) is 0 Å². The Bertz CT molecular complexity index is 405. The van der Waals surface area contributed by atoms with Crippen LogP contribution in [0.4, 0.5) is 0 Å². The van der Waals surface area contributed by atoms with Gasteiger partial charge in [0.15, 0.2) is 0 Å². The van der Waals surface area contributed by atoms with Crippen LogP contribution in [0.25, 0.3) is 0 Å². The van der Waals surface area contributed by atoms with Crippen LogP contribution in [0.2, 0.25) is 0 Å². The van der Waals surface area contributed by atoms with Crippen LogP contribution in [0.15, 0.2) is 12.7 Å². The Morgan fingerprint density at radius 3 is 2.43 bits per heavy atom. The molecular weight excluding hydrogens is 292 g/mol. The highest BCUT2D eigenvalue weighted by atomic mass is 32.2. The minimum atomic E-state index is -4.08. The average molecular weight is 320 g/mol. The molecule has 0 heterocycles. The van der Waals surface area contributed by atoms with E-state index in [1.165, 1.54) is 7.05 Å². The Labute approximate surface area is 128 Å². The van der Waals surface area contributed by atoms with E-state index in [1.807, 2.05) is 6.08 Å². The lowest BCUT2D eigenvalue weighted by atomic mass is 9.93. The van der Waals surface area contributed by atoms with Crippen LogP contribution in [0, 0.1) is 0 Å². The van der Waals surface area contributed by atoms with E-state index in [0.717, 1.165) is 56.1 Å². The minimum absolute atomic E-state index is 0.112. The quantitative estimate of drug-likeness (QED) is 0.396. The lowest BCUT2D eigenvalue weighted by Gasteiger charge is -2.32. The van der Waals surface area contributed by atoms with Crippen LogP contribution in [-0.2, 0) is 15.0 Å². The van der Waals surface area contributed by atoms with E-state index < -0.39 is 10.3 Å². The molecule has 0 unspecified atom stereocenters. The summed E-state index contributed by atoms with van der Waals surface area (Å²) in [4.78, 5) is 2.19. The molecule has 0 radical (unpaired) electrons. The molecular formula is C14H28N2O4S. The molecule has 6 nitrogen and oxygen atoms in total. The van der Waals surface area contributed by atoms with E-state index in [2.05, 4.69) is 18.5 Å². The Morgan fingerprint density at radius 1 is 1.29 bits per heavy atom. The first-order chi connectivity index (χ1) is 9.84. The van der Waals surface area contributed by atoms with Gasteiger partial charge in [-0.2, -0.15) is 12.7 Å². The van der Waals surface area contributed by atoms with Crippen LogP contribution in [-0.4, -0.2) is 68.1 Å². The van der Waals surface area contributed by atoms with Crippen molar-refractivity contribution in [3.05, 3.63) is 12.7 Å². The molecule has 1 aliphatic carbocycles.